The van der Waals surface area contributed by atoms with E-state index in [1.54, 1.807) is 25.3 Å². The van der Waals surface area contributed by atoms with Gasteiger partial charge in [-0.3, -0.25) is 15.0 Å². The molecule has 5 rings (SSSR count). The first-order chi connectivity index (χ1) is 15.8. The Labute approximate surface area is 186 Å². The van der Waals surface area contributed by atoms with Crippen molar-refractivity contribution in [3.05, 3.63) is 60.4 Å². The van der Waals surface area contributed by atoms with E-state index in [0.29, 0.717) is 11.2 Å². The number of aromatic amines is 2. The number of alkyl halides is 3. The third-order valence-electron chi connectivity index (χ3n) is 4.95. The summed E-state index contributed by atoms with van der Waals surface area (Å²) < 4.78 is 43.1. The monoisotopic (exact) mass is 458 g/mol. The van der Waals surface area contributed by atoms with Crippen LogP contribution in [0.5, 0.6) is 5.75 Å². The number of H-pyrrole nitrogens is 2. The number of aromatic nitrogens is 4. The molecule has 0 bridgehead atoms. The van der Waals surface area contributed by atoms with Gasteiger partial charge in [-0.1, -0.05) is 12.1 Å². The fraction of sp³-hybridized carbons (Fsp3) is 0.227. The van der Waals surface area contributed by atoms with Crippen molar-refractivity contribution in [1.29, 1.82) is 0 Å². The van der Waals surface area contributed by atoms with Gasteiger partial charge in [-0.25, -0.2) is 0 Å². The molecule has 1 amide bonds. The molecule has 8 nitrogen and oxygen atoms in total. The molecule has 1 aliphatic carbocycles. The first kappa shape index (κ1) is 22.2. The number of rotatable bonds is 5. The van der Waals surface area contributed by atoms with Crippen molar-refractivity contribution in [1.82, 2.24) is 20.4 Å². The summed E-state index contributed by atoms with van der Waals surface area (Å²) in [5.41, 5.74) is 0.481. The van der Waals surface area contributed by atoms with Gasteiger partial charge in [0.1, 0.15) is 5.75 Å². The zero-order valence-corrected chi connectivity index (χ0v) is 17.5. The Balaban J connectivity index is 0.000000165. The molecule has 11 heteroatoms. The van der Waals surface area contributed by atoms with Crippen LogP contribution in [-0.2, 0) is 11.0 Å². The average molecular weight is 458 g/mol. The van der Waals surface area contributed by atoms with E-state index in [1.165, 1.54) is 0 Å². The lowest BCUT2D eigenvalue weighted by Gasteiger charge is -2.07. The van der Waals surface area contributed by atoms with Gasteiger partial charge in [0, 0.05) is 17.0 Å². The third-order valence-corrected chi connectivity index (χ3v) is 4.95. The smallest absolute Gasteiger partial charge is 0.434 e. The molecule has 4 N–H and O–H groups in total. The number of carbonyl (C=O) groups excluding carboxylic acids is 1. The molecule has 2 aromatic heterocycles. The van der Waals surface area contributed by atoms with Crippen LogP contribution in [0.1, 0.15) is 18.5 Å². The second kappa shape index (κ2) is 9.23. The summed E-state index contributed by atoms with van der Waals surface area (Å²) >= 11 is 0. The van der Waals surface area contributed by atoms with Crippen LogP contribution < -0.4 is 15.4 Å². The van der Waals surface area contributed by atoms with Crippen molar-refractivity contribution in [3.63, 3.8) is 0 Å². The predicted molar refractivity (Wildman–Crippen MR) is 117 cm³/mol. The number of halogens is 3. The van der Waals surface area contributed by atoms with E-state index in [9.17, 15) is 18.0 Å². The minimum Gasteiger partial charge on any atom is -0.497 e. The normalized spacial score (nSPS) is 13.2. The summed E-state index contributed by atoms with van der Waals surface area (Å²) in [6, 6.07) is 14.5. The first-order valence-corrected chi connectivity index (χ1v) is 10.1. The molecule has 0 atom stereocenters. The fourth-order valence-corrected chi connectivity index (χ4v) is 3.05. The van der Waals surface area contributed by atoms with Gasteiger partial charge < -0.3 is 15.4 Å². The van der Waals surface area contributed by atoms with Gasteiger partial charge in [0.25, 0.3) is 0 Å². The molecule has 4 aromatic rings. The predicted octanol–water partition coefficient (Wildman–Crippen LogP) is 5.09. The topological polar surface area (TPSA) is 108 Å². The van der Waals surface area contributed by atoms with Gasteiger partial charge >= 0.3 is 6.18 Å². The molecule has 0 saturated heterocycles. The van der Waals surface area contributed by atoms with Crippen LogP contribution in [0.4, 0.5) is 30.4 Å². The van der Waals surface area contributed by atoms with Gasteiger partial charge in [-0.2, -0.15) is 23.4 Å². The number of benzene rings is 2. The molecule has 0 radical (unpaired) electrons. The zero-order valence-electron chi connectivity index (χ0n) is 17.5. The molecule has 2 aromatic carbocycles. The van der Waals surface area contributed by atoms with Gasteiger partial charge in [-0.15, -0.1) is 0 Å². The van der Waals surface area contributed by atoms with E-state index < -0.39 is 11.9 Å². The molecule has 1 aliphatic rings. The number of carbonyl (C=O) groups is 1. The lowest BCUT2D eigenvalue weighted by molar-refractivity contribution is -0.140. The van der Waals surface area contributed by atoms with Crippen LogP contribution in [0.2, 0.25) is 0 Å². The Morgan fingerprint density at radius 1 is 1.09 bits per heavy atom. The molecule has 0 aliphatic heterocycles. The maximum absolute atomic E-state index is 12.7. The number of hydrogen-bond acceptors (Lipinski definition) is 5. The molecule has 2 heterocycles. The average Bonchev–Trinajstić information content (AvgIpc) is 3.42. The third kappa shape index (κ3) is 5.43. The number of anilines is 3. The lowest BCUT2D eigenvalue weighted by Crippen LogP contribution is -2.12. The van der Waals surface area contributed by atoms with Crippen molar-refractivity contribution in [3.8, 4) is 5.75 Å². The Morgan fingerprint density at radius 3 is 2.48 bits per heavy atom. The highest BCUT2D eigenvalue weighted by molar-refractivity contribution is 5.94. The van der Waals surface area contributed by atoms with Gasteiger partial charge in [0.15, 0.2) is 11.5 Å². The zero-order chi connectivity index (χ0) is 23.4. The number of nitrogens with zero attached hydrogens (tertiary/aromatic N) is 2. The van der Waals surface area contributed by atoms with E-state index in [2.05, 4.69) is 25.9 Å². The van der Waals surface area contributed by atoms with Gasteiger partial charge in [-0.05, 0) is 49.2 Å². The van der Waals surface area contributed by atoms with Gasteiger partial charge in [0.05, 0.1) is 24.5 Å². The van der Waals surface area contributed by atoms with Crippen LogP contribution in [0, 0.1) is 5.92 Å². The van der Waals surface area contributed by atoms with E-state index in [-0.39, 0.29) is 17.5 Å². The lowest BCUT2D eigenvalue weighted by atomic mass is 10.2. The number of para-hydroxylation sites is 1. The molecule has 33 heavy (non-hydrogen) atoms. The SMILES string of the molecule is COc1ccc(NC(=O)C2CC2)cc1.FC(F)(F)c1[nH]ncc1Nc1n[nH]c2ccccc12. The fourth-order valence-electron chi connectivity index (χ4n) is 3.05. The van der Waals surface area contributed by atoms with Crippen molar-refractivity contribution >= 4 is 34.0 Å². The van der Waals surface area contributed by atoms with Gasteiger partial charge in [0.2, 0.25) is 5.91 Å². The molecule has 1 fully saturated rings. The number of methoxy groups -OCH3 is 1. The van der Waals surface area contributed by atoms with Crippen LogP contribution >= 0.6 is 0 Å². The second-order valence-electron chi connectivity index (χ2n) is 7.39. The largest absolute Gasteiger partial charge is 0.497 e. The van der Waals surface area contributed by atoms with Crippen LogP contribution in [0.3, 0.4) is 0 Å². The quantitative estimate of drug-likeness (QED) is 0.333. The number of hydrogen-bond donors (Lipinski definition) is 4. The Bertz CT molecular complexity index is 1230. The number of ether oxygens (including phenoxy) is 1. The maximum atomic E-state index is 12.7. The summed E-state index contributed by atoms with van der Waals surface area (Å²) in [4.78, 5) is 11.4. The minimum absolute atomic E-state index is 0.134. The van der Waals surface area contributed by atoms with Crippen LogP contribution in [-0.4, -0.2) is 33.4 Å². The Kier molecular flexibility index (Phi) is 6.20. The standard InChI is InChI=1S/C11H8F3N5.C11H13NO2/c12-11(13,14)9-8(5-15-18-9)16-10-6-3-1-2-4-7(6)17-19-10;1-14-10-6-4-9(5-7-10)12-11(13)8-2-3-8/h1-5H,(H,15,18)(H2,16,17,19);4-8H,2-3H2,1H3,(H,12,13). The summed E-state index contributed by atoms with van der Waals surface area (Å²) in [5, 5.41) is 18.2. The highest BCUT2D eigenvalue weighted by Gasteiger charge is 2.36. The van der Waals surface area contributed by atoms with Crippen molar-refractivity contribution in [2.24, 2.45) is 5.92 Å². The summed E-state index contributed by atoms with van der Waals surface area (Å²) in [5.74, 6) is 1.50. The minimum atomic E-state index is -4.50. The van der Waals surface area contributed by atoms with E-state index in [0.717, 1.165) is 36.0 Å². The van der Waals surface area contributed by atoms with E-state index >= 15 is 0 Å². The molecular formula is C22H21F3N6O2. The highest BCUT2D eigenvalue weighted by atomic mass is 19.4. The summed E-state index contributed by atoms with van der Waals surface area (Å²) in [7, 11) is 1.62. The first-order valence-electron chi connectivity index (χ1n) is 10.1. The van der Waals surface area contributed by atoms with Crippen molar-refractivity contribution in [2.75, 3.05) is 17.7 Å². The second-order valence-corrected chi connectivity index (χ2v) is 7.39. The molecule has 1 saturated carbocycles. The van der Waals surface area contributed by atoms with Crippen LogP contribution in [0.15, 0.2) is 54.7 Å². The molecule has 172 valence electrons. The van der Waals surface area contributed by atoms with E-state index in [1.807, 2.05) is 35.4 Å². The highest BCUT2D eigenvalue weighted by Crippen LogP contribution is 2.35. The molecule has 0 spiro atoms. The van der Waals surface area contributed by atoms with Crippen LogP contribution in [0.25, 0.3) is 10.9 Å². The molecular weight excluding hydrogens is 437 g/mol. The number of amides is 1. The number of nitrogens with one attached hydrogen (secondary N) is 4. The summed E-state index contributed by atoms with van der Waals surface area (Å²) in [6.45, 7) is 0. The summed E-state index contributed by atoms with van der Waals surface area (Å²) in [6.07, 6.45) is -1.36. The van der Waals surface area contributed by atoms with Crippen molar-refractivity contribution < 1.29 is 22.7 Å². The maximum Gasteiger partial charge on any atom is 0.434 e. The van der Waals surface area contributed by atoms with Crippen molar-refractivity contribution in [2.45, 2.75) is 19.0 Å². The number of fused-ring (bicyclic) bond motifs is 1. The van der Waals surface area contributed by atoms with E-state index in [4.69, 9.17) is 4.74 Å². The molecule has 0 unspecified atom stereocenters. The Hall–Kier alpha value is -4.02. The Morgan fingerprint density at radius 2 is 1.82 bits per heavy atom.